The largest absolute Gasteiger partial charge is 0.370 e. The number of rotatable bonds is 5. The average Bonchev–Trinajstić information content (AvgIpc) is 3.49. The van der Waals surface area contributed by atoms with Gasteiger partial charge in [0, 0.05) is 69.7 Å². The number of halogens is 2. The molecule has 2 fully saturated rings. The highest BCUT2D eigenvalue weighted by molar-refractivity contribution is 6.04. The third-order valence-electron chi connectivity index (χ3n) is 7.05. The summed E-state index contributed by atoms with van der Waals surface area (Å²) in [6, 6.07) is 10.2. The number of hydrogen-bond donors (Lipinski definition) is 1. The maximum absolute atomic E-state index is 13.2. The fraction of sp³-hybridized carbons (Fsp3) is 0.400. The molecule has 0 spiro atoms. The average molecular weight is 551 g/mol. The Hall–Kier alpha value is -3.92. The van der Waals surface area contributed by atoms with Gasteiger partial charge in [-0.3, -0.25) is 19.6 Å². The zero-order valence-corrected chi connectivity index (χ0v) is 23.2. The smallest absolute Gasteiger partial charge is 0.272 e. The van der Waals surface area contributed by atoms with Crippen molar-refractivity contribution in [1.29, 1.82) is 0 Å². The molecule has 2 saturated heterocycles. The number of pyridine rings is 2. The van der Waals surface area contributed by atoms with Crippen molar-refractivity contribution in [2.24, 2.45) is 0 Å². The van der Waals surface area contributed by atoms with Crippen molar-refractivity contribution in [2.45, 2.75) is 32.6 Å². The fourth-order valence-electron chi connectivity index (χ4n) is 4.54. The van der Waals surface area contributed by atoms with Gasteiger partial charge in [0.25, 0.3) is 17.7 Å². The number of aryl methyl sites for hydroxylation is 1. The van der Waals surface area contributed by atoms with Crippen LogP contribution in [0.15, 0.2) is 61.2 Å². The molecule has 40 heavy (non-hydrogen) atoms. The van der Waals surface area contributed by atoms with Gasteiger partial charge < -0.3 is 20.0 Å². The molecule has 10 heteroatoms. The Labute approximate surface area is 234 Å². The highest BCUT2D eigenvalue weighted by Gasteiger charge is 2.25. The monoisotopic (exact) mass is 550 g/mol. The maximum atomic E-state index is 13.2. The molecule has 0 atom stereocenters. The molecule has 0 aliphatic carbocycles. The summed E-state index contributed by atoms with van der Waals surface area (Å²) in [4.78, 5) is 39.0. The third kappa shape index (κ3) is 7.81. The normalized spacial score (nSPS) is 15.8. The summed E-state index contributed by atoms with van der Waals surface area (Å²) in [5.41, 5.74) is 3.32. The molecule has 2 aliphatic rings. The van der Waals surface area contributed by atoms with E-state index in [4.69, 9.17) is 0 Å². The van der Waals surface area contributed by atoms with Crippen molar-refractivity contribution in [3.63, 3.8) is 0 Å². The molecule has 1 N–H and O–H groups in total. The first-order valence-corrected chi connectivity index (χ1v) is 13.5. The van der Waals surface area contributed by atoms with Crippen molar-refractivity contribution in [2.75, 3.05) is 56.5 Å². The zero-order chi connectivity index (χ0) is 28.7. The molecule has 0 unspecified atom stereocenters. The lowest BCUT2D eigenvalue weighted by Gasteiger charge is -2.32. The minimum absolute atomic E-state index is 0.117. The minimum Gasteiger partial charge on any atom is -0.370 e. The van der Waals surface area contributed by atoms with Crippen molar-refractivity contribution in [3.05, 3.63) is 83.4 Å². The van der Waals surface area contributed by atoms with Crippen LogP contribution in [0, 0.1) is 6.92 Å². The van der Waals surface area contributed by atoms with Crippen LogP contribution in [0.5, 0.6) is 0 Å². The van der Waals surface area contributed by atoms with E-state index >= 15 is 0 Å². The van der Waals surface area contributed by atoms with E-state index in [-0.39, 0.29) is 23.1 Å². The highest BCUT2D eigenvalue weighted by atomic mass is 19.3. The number of likely N-dealkylation sites (N-methyl/N-ethyl adjacent to an activating group) is 1. The quantitative estimate of drug-likeness (QED) is 0.491. The topological polar surface area (TPSA) is 81.7 Å². The second-order valence-electron chi connectivity index (χ2n) is 10.4. The second-order valence-corrected chi connectivity index (χ2v) is 10.4. The number of amides is 2. The van der Waals surface area contributed by atoms with E-state index in [9.17, 15) is 18.4 Å². The van der Waals surface area contributed by atoms with E-state index in [1.165, 1.54) is 25.1 Å². The predicted octanol–water partition coefficient (Wildman–Crippen LogP) is 4.82. The molecule has 2 aromatic heterocycles. The molecule has 3 aromatic rings. The van der Waals surface area contributed by atoms with E-state index in [0.717, 1.165) is 69.2 Å². The van der Waals surface area contributed by atoms with Crippen molar-refractivity contribution >= 4 is 23.2 Å². The van der Waals surface area contributed by atoms with E-state index in [2.05, 4.69) is 32.1 Å². The van der Waals surface area contributed by atoms with Gasteiger partial charge in [-0.2, -0.15) is 0 Å². The van der Waals surface area contributed by atoms with Gasteiger partial charge in [-0.15, -0.1) is 0 Å². The number of benzene rings is 1. The number of hydrogen-bond acceptors (Lipinski definition) is 6. The van der Waals surface area contributed by atoms with Crippen molar-refractivity contribution in [1.82, 2.24) is 19.8 Å². The lowest BCUT2D eigenvalue weighted by molar-refractivity contribution is 0.0171. The molecule has 0 bridgehead atoms. The Morgan fingerprint density at radius 1 is 0.850 bits per heavy atom. The van der Waals surface area contributed by atoms with E-state index in [1.807, 2.05) is 36.2 Å². The van der Waals surface area contributed by atoms with Crippen LogP contribution in [0.3, 0.4) is 0 Å². The molecular formula is C30H36F2N6O2. The summed E-state index contributed by atoms with van der Waals surface area (Å²) < 4.78 is 26.4. The van der Waals surface area contributed by atoms with Gasteiger partial charge in [0.05, 0.1) is 29.3 Å². The standard InChI is InChI=1S/C15H14F2N2O.C15H22N4O/c1-10-3-5-11(6-4-10)14(20)19-13-7-12(8-18-9-13)15(2,16)17;1-17-6-8-19(9-7-17)15(20)13-10-14(12-16-11-13)18-4-2-3-5-18/h3-9H,1-2H3,(H,19,20);10-12H,2-9H2,1H3. The molecule has 1 aromatic carbocycles. The van der Waals surface area contributed by atoms with Crippen LogP contribution in [-0.4, -0.2) is 77.9 Å². The lowest BCUT2D eigenvalue weighted by Crippen LogP contribution is -2.47. The van der Waals surface area contributed by atoms with Gasteiger partial charge in [-0.05, 0) is 51.1 Å². The number of nitrogens with zero attached hydrogens (tertiary/aromatic N) is 5. The van der Waals surface area contributed by atoms with Crippen LogP contribution in [0.1, 0.15) is 51.6 Å². The Bertz CT molecular complexity index is 1300. The number of piperazine rings is 1. The van der Waals surface area contributed by atoms with Gasteiger partial charge in [0.1, 0.15) is 0 Å². The number of nitrogens with one attached hydrogen (secondary N) is 1. The minimum atomic E-state index is -2.99. The molecule has 212 valence electrons. The zero-order valence-electron chi connectivity index (χ0n) is 23.2. The molecular weight excluding hydrogens is 514 g/mol. The molecule has 0 saturated carbocycles. The van der Waals surface area contributed by atoms with Gasteiger partial charge in [0.2, 0.25) is 0 Å². The Morgan fingerprint density at radius 3 is 2.15 bits per heavy atom. The molecule has 2 aliphatic heterocycles. The van der Waals surface area contributed by atoms with Crippen LogP contribution in [0.25, 0.3) is 0 Å². The maximum Gasteiger partial charge on any atom is 0.272 e. The first kappa shape index (κ1) is 29.1. The lowest BCUT2D eigenvalue weighted by atomic mass is 10.1. The van der Waals surface area contributed by atoms with E-state index in [0.29, 0.717) is 5.56 Å². The number of anilines is 2. The second kappa shape index (κ2) is 13.0. The Balaban J connectivity index is 0.000000185. The van der Waals surface area contributed by atoms with Crippen LogP contribution in [0.2, 0.25) is 0 Å². The Kier molecular flexibility index (Phi) is 9.42. The van der Waals surface area contributed by atoms with Gasteiger partial charge in [-0.25, -0.2) is 8.78 Å². The molecule has 0 radical (unpaired) electrons. The van der Waals surface area contributed by atoms with Gasteiger partial charge in [-0.1, -0.05) is 17.7 Å². The van der Waals surface area contributed by atoms with Crippen molar-refractivity contribution < 1.29 is 18.4 Å². The summed E-state index contributed by atoms with van der Waals surface area (Å²) in [5, 5.41) is 2.56. The number of alkyl halides is 2. The number of carbonyl (C=O) groups excluding carboxylic acids is 2. The van der Waals surface area contributed by atoms with Crippen molar-refractivity contribution in [3.8, 4) is 0 Å². The molecule has 2 amide bonds. The molecule has 8 nitrogen and oxygen atoms in total. The van der Waals surface area contributed by atoms with E-state index in [1.54, 1.807) is 18.3 Å². The Morgan fingerprint density at radius 2 is 1.50 bits per heavy atom. The predicted molar refractivity (Wildman–Crippen MR) is 152 cm³/mol. The highest BCUT2D eigenvalue weighted by Crippen LogP contribution is 2.28. The van der Waals surface area contributed by atoms with Crippen LogP contribution < -0.4 is 10.2 Å². The molecule has 4 heterocycles. The fourth-order valence-corrected chi connectivity index (χ4v) is 4.54. The number of aromatic nitrogens is 2. The van der Waals surface area contributed by atoms with Crippen LogP contribution in [-0.2, 0) is 5.92 Å². The summed E-state index contributed by atoms with van der Waals surface area (Å²) >= 11 is 0. The summed E-state index contributed by atoms with van der Waals surface area (Å²) in [7, 11) is 2.09. The van der Waals surface area contributed by atoms with Crippen LogP contribution in [0.4, 0.5) is 20.2 Å². The first-order chi connectivity index (χ1) is 19.1. The first-order valence-electron chi connectivity index (χ1n) is 13.5. The SMILES string of the molecule is CN1CCN(C(=O)c2cncc(N3CCCC3)c2)CC1.Cc1ccc(C(=O)Nc2cncc(C(C)(F)F)c2)cc1. The van der Waals surface area contributed by atoms with Crippen LogP contribution >= 0.6 is 0 Å². The van der Waals surface area contributed by atoms with Gasteiger partial charge in [0.15, 0.2) is 0 Å². The third-order valence-corrected chi connectivity index (χ3v) is 7.05. The summed E-state index contributed by atoms with van der Waals surface area (Å²) in [6.07, 6.45) is 8.45. The summed E-state index contributed by atoms with van der Waals surface area (Å²) in [5.74, 6) is -3.23. The number of carbonyl (C=O) groups is 2. The molecule has 5 rings (SSSR count). The summed E-state index contributed by atoms with van der Waals surface area (Å²) in [6.45, 7) is 8.37. The van der Waals surface area contributed by atoms with Gasteiger partial charge >= 0.3 is 0 Å². The van der Waals surface area contributed by atoms with E-state index < -0.39 is 5.92 Å².